The number of aromatic nitrogens is 2. The molecule has 1 N–H and O–H groups in total. The third-order valence-corrected chi connectivity index (χ3v) is 4.80. The van der Waals surface area contributed by atoms with Crippen LogP contribution in [0.5, 0.6) is 11.5 Å². The molecular weight excluding hydrogens is 368 g/mol. The average Bonchev–Trinajstić information content (AvgIpc) is 2.97. The molecule has 0 bridgehead atoms. The van der Waals surface area contributed by atoms with Crippen LogP contribution in [0.25, 0.3) is 5.69 Å². The second-order valence-corrected chi connectivity index (χ2v) is 6.51. The van der Waals surface area contributed by atoms with E-state index in [0.29, 0.717) is 22.9 Å². The summed E-state index contributed by atoms with van der Waals surface area (Å²) in [4.78, 5) is 16.9. The van der Waals surface area contributed by atoms with Crippen LogP contribution < -0.4 is 14.8 Å². The number of pyridine rings is 1. The Balaban J connectivity index is 1.93. The molecule has 1 amide bonds. The molecule has 2 aromatic heterocycles. The first-order valence-corrected chi connectivity index (χ1v) is 9.03. The van der Waals surface area contributed by atoms with Crippen LogP contribution in [-0.4, -0.2) is 29.7 Å². The molecule has 0 aliphatic rings. The van der Waals surface area contributed by atoms with E-state index >= 15 is 0 Å². The largest absolute Gasteiger partial charge is 0.493 e. The molecule has 1 aromatic carbocycles. The van der Waals surface area contributed by atoms with Crippen LogP contribution in [0, 0.1) is 25.2 Å². The van der Waals surface area contributed by atoms with Crippen molar-refractivity contribution >= 4 is 11.7 Å². The van der Waals surface area contributed by atoms with Crippen LogP contribution in [0.4, 0.5) is 5.82 Å². The van der Waals surface area contributed by atoms with Gasteiger partial charge in [0.2, 0.25) is 5.91 Å². The molecule has 0 unspecified atom stereocenters. The minimum atomic E-state index is -0.239. The fourth-order valence-electron chi connectivity index (χ4n) is 3.22. The average molecular weight is 390 g/mol. The van der Waals surface area contributed by atoms with E-state index < -0.39 is 0 Å². The molecule has 148 valence electrons. The molecule has 0 atom stereocenters. The quantitative estimate of drug-likeness (QED) is 0.695. The lowest BCUT2D eigenvalue weighted by Gasteiger charge is -2.13. The summed E-state index contributed by atoms with van der Waals surface area (Å²) < 4.78 is 12.4. The Kier molecular flexibility index (Phi) is 5.84. The van der Waals surface area contributed by atoms with Gasteiger partial charge in [-0.05, 0) is 49.2 Å². The highest BCUT2D eigenvalue weighted by molar-refractivity contribution is 5.93. The van der Waals surface area contributed by atoms with Gasteiger partial charge in [-0.1, -0.05) is 6.07 Å². The molecule has 0 aliphatic heterocycles. The van der Waals surface area contributed by atoms with E-state index in [0.717, 1.165) is 22.5 Å². The molecule has 29 heavy (non-hydrogen) atoms. The van der Waals surface area contributed by atoms with Crippen molar-refractivity contribution in [2.45, 2.75) is 20.3 Å². The lowest BCUT2D eigenvalue weighted by atomic mass is 10.1. The molecule has 0 fully saturated rings. The van der Waals surface area contributed by atoms with E-state index in [4.69, 9.17) is 9.47 Å². The smallest absolute Gasteiger partial charge is 0.229 e. The molecule has 7 heteroatoms. The molecule has 7 nitrogen and oxygen atoms in total. The summed E-state index contributed by atoms with van der Waals surface area (Å²) in [6.07, 6.45) is 3.49. The number of hydrogen-bond donors (Lipinski definition) is 1. The van der Waals surface area contributed by atoms with Gasteiger partial charge < -0.3 is 14.8 Å². The van der Waals surface area contributed by atoms with Gasteiger partial charge in [0, 0.05) is 11.9 Å². The second-order valence-electron chi connectivity index (χ2n) is 6.51. The number of nitriles is 1. The van der Waals surface area contributed by atoms with E-state index in [1.807, 2.05) is 36.6 Å². The summed E-state index contributed by atoms with van der Waals surface area (Å²) in [5.41, 5.74) is 3.67. The first kappa shape index (κ1) is 20.0. The van der Waals surface area contributed by atoms with Gasteiger partial charge in [-0.3, -0.25) is 14.3 Å². The minimum absolute atomic E-state index is 0.127. The molecule has 3 aromatic rings. The number of anilines is 1. The highest BCUT2D eigenvalue weighted by Gasteiger charge is 2.21. The van der Waals surface area contributed by atoms with Gasteiger partial charge in [-0.2, -0.15) is 5.26 Å². The number of ether oxygens (including phenoxy) is 2. The number of rotatable bonds is 6. The Bertz CT molecular complexity index is 1080. The summed E-state index contributed by atoms with van der Waals surface area (Å²) in [5, 5.41) is 12.6. The lowest BCUT2D eigenvalue weighted by Crippen LogP contribution is -2.18. The first-order valence-electron chi connectivity index (χ1n) is 9.03. The second kappa shape index (κ2) is 8.48. The van der Waals surface area contributed by atoms with E-state index in [-0.39, 0.29) is 12.3 Å². The number of amides is 1. The Morgan fingerprint density at radius 3 is 2.59 bits per heavy atom. The zero-order valence-electron chi connectivity index (χ0n) is 16.8. The number of benzene rings is 1. The van der Waals surface area contributed by atoms with Crippen LogP contribution in [0.3, 0.4) is 0 Å². The number of carbonyl (C=O) groups excluding carboxylic acids is 1. The molecule has 3 rings (SSSR count). The number of carbonyl (C=O) groups is 1. The van der Waals surface area contributed by atoms with E-state index in [2.05, 4.69) is 16.4 Å². The van der Waals surface area contributed by atoms with Crippen LogP contribution in [0.15, 0.2) is 42.7 Å². The van der Waals surface area contributed by atoms with Crippen molar-refractivity contribution in [2.75, 3.05) is 19.5 Å². The Hall–Kier alpha value is -3.79. The van der Waals surface area contributed by atoms with E-state index in [1.54, 1.807) is 38.7 Å². The highest BCUT2D eigenvalue weighted by Crippen LogP contribution is 2.30. The minimum Gasteiger partial charge on any atom is -0.493 e. The summed E-state index contributed by atoms with van der Waals surface area (Å²) in [6.45, 7) is 3.78. The summed E-state index contributed by atoms with van der Waals surface area (Å²) in [5.74, 6) is 1.36. The monoisotopic (exact) mass is 390 g/mol. The zero-order chi connectivity index (χ0) is 21.0. The van der Waals surface area contributed by atoms with Crippen molar-refractivity contribution in [3.05, 3.63) is 65.1 Å². The van der Waals surface area contributed by atoms with Crippen LogP contribution >= 0.6 is 0 Å². The van der Waals surface area contributed by atoms with Crippen molar-refractivity contribution in [3.63, 3.8) is 0 Å². The first-order chi connectivity index (χ1) is 14.0. The third kappa shape index (κ3) is 3.92. The zero-order valence-corrected chi connectivity index (χ0v) is 16.8. The fraction of sp³-hybridized carbons (Fsp3) is 0.227. The van der Waals surface area contributed by atoms with Gasteiger partial charge in [0.1, 0.15) is 11.9 Å². The molecule has 0 spiro atoms. The van der Waals surface area contributed by atoms with Gasteiger partial charge in [0.25, 0.3) is 0 Å². The maximum atomic E-state index is 12.8. The number of nitrogens with zero attached hydrogens (tertiary/aromatic N) is 3. The fourth-order valence-corrected chi connectivity index (χ4v) is 3.22. The maximum absolute atomic E-state index is 12.8. The summed E-state index contributed by atoms with van der Waals surface area (Å²) in [7, 11) is 3.11. The standard InChI is InChI=1S/C22H22N4O3/c1-14-15(2)26(17-6-5-9-24-13-17)22(18(14)12-23)25-21(27)11-16-7-8-19(28-3)20(10-16)29-4/h5-10,13H,11H2,1-4H3,(H,25,27). The Morgan fingerprint density at radius 1 is 1.21 bits per heavy atom. The molecule has 0 saturated heterocycles. The van der Waals surface area contributed by atoms with Crippen molar-refractivity contribution in [2.24, 2.45) is 0 Å². The SMILES string of the molecule is COc1ccc(CC(=O)Nc2c(C#N)c(C)c(C)n2-c2cccnc2)cc1OC. The molecular formula is C22H22N4O3. The van der Waals surface area contributed by atoms with Gasteiger partial charge >= 0.3 is 0 Å². The lowest BCUT2D eigenvalue weighted by molar-refractivity contribution is -0.115. The molecule has 0 aliphatic carbocycles. The number of methoxy groups -OCH3 is 2. The maximum Gasteiger partial charge on any atom is 0.229 e. The number of nitrogens with one attached hydrogen (secondary N) is 1. The predicted octanol–water partition coefficient (Wildman–Crippen LogP) is 3.56. The molecule has 2 heterocycles. The molecule has 0 radical (unpaired) electrons. The van der Waals surface area contributed by atoms with Crippen LogP contribution in [-0.2, 0) is 11.2 Å². The van der Waals surface area contributed by atoms with Crippen molar-refractivity contribution < 1.29 is 14.3 Å². The van der Waals surface area contributed by atoms with Gasteiger partial charge in [0.15, 0.2) is 11.5 Å². The number of hydrogen-bond acceptors (Lipinski definition) is 5. The summed E-state index contributed by atoms with van der Waals surface area (Å²) in [6, 6.07) is 11.2. The van der Waals surface area contributed by atoms with E-state index in [1.165, 1.54) is 0 Å². The van der Waals surface area contributed by atoms with Crippen LogP contribution in [0.1, 0.15) is 22.4 Å². The molecule has 0 saturated carbocycles. The predicted molar refractivity (Wildman–Crippen MR) is 110 cm³/mol. The van der Waals surface area contributed by atoms with E-state index in [9.17, 15) is 10.1 Å². The van der Waals surface area contributed by atoms with Gasteiger partial charge in [-0.25, -0.2) is 0 Å². The van der Waals surface area contributed by atoms with Crippen molar-refractivity contribution in [1.82, 2.24) is 9.55 Å². The van der Waals surface area contributed by atoms with Crippen molar-refractivity contribution in [1.29, 1.82) is 5.26 Å². The topological polar surface area (TPSA) is 89.2 Å². The summed E-state index contributed by atoms with van der Waals surface area (Å²) >= 11 is 0. The Labute approximate surface area is 169 Å². The van der Waals surface area contributed by atoms with Crippen molar-refractivity contribution in [3.8, 4) is 23.3 Å². The van der Waals surface area contributed by atoms with Gasteiger partial charge in [0.05, 0.1) is 38.1 Å². The normalized spacial score (nSPS) is 10.3. The highest BCUT2D eigenvalue weighted by atomic mass is 16.5. The Morgan fingerprint density at radius 2 is 1.97 bits per heavy atom. The van der Waals surface area contributed by atoms with Crippen LogP contribution in [0.2, 0.25) is 0 Å². The third-order valence-electron chi connectivity index (χ3n) is 4.80. The van der Waals surface area contributed by atoms with Gasteiger partial charge in [-0.15, -0.1) is 0 Å².